The number of carbonyl (C=O) groups is 1. The molecule has 0 N–H and O–H groups in total. The third kappa shape index (κ3) is 3.02. The van der Waals surface area contributed by atoms with Crippen molar-refractivity contribution in [1.29, 1.82) is 0 Å². The lowest BCUT2D eigenvalue weighted by atomic mass is 10.1. The van der Waals surface area contributed by atoms with E-state index in [9.17, 15) is 4.79 Å². The van der Waals surface area contributed by atoms with Gasteiger partial charge in [0.15, 0.2) is 11.6 Å². The molecule has 0 aliphatic carbocycles. The summed E-state index contributed by atoms with van der Waals surface area (Å²) in [6, 6.07) is 5.95. The fraction of sp³-hybridized carbons (Fsp3) is 0.435. The molecule has 0 saturated carbocycles. The molecule has 2 aliphatic heterocycles. The van der Waals surface area contributed by atoms with Gasteiger partial charge in [0.1, 0.15) is 5.58 Å². The molecule has 0 spiro atoms. The van der Waals surface area contributed by atoms with E-state index in [-0.39, 0.29) is 11.9 Å². The van der Waals surface area contributed by atoms with E-state index in [0.717, 1.165) is 66.0 Å². The van der Waals surface area contributed by atoms with Gasteiger partial charge in [-0.1, -0.05) is 18.2 Å². The zero-order chi connectivity index (χ0) is 20.1. The molecule has 6 heteroatoms. The minimum absolute atomic E-state index is 0.0540. The number of likely N-dealkylation sites (tertiary alicyclic amines) is 1. The predicted octanol–water partition coefficient (Wildman–Crippen LogP) is 3.80. The average Bonchev–Trinajstić information content (AvgIpc) is 3.33. The van der Waals surface area contributed by atoms with Gasteiger partial charge in [-0.2, -0.15) is 0 Å². The maximum Gasteiger partial charge on any atom is 0.290 e. The van der Waals surface area contributed by atoms with Gasteiger partial charge in [-0.25, -0.2) is 9.97 Å². The molecular formula is C23H26N4O2. The average molecular weight is 390 g/mol. The largest absolute Gasteiger partial charge is 0.450 e. The summed E-state index contributed by atoms with van der Waals surface area (Å²) in [5.41, 5.74) is 5.09. The number of amides is 1. The molecule has 6 nitrogen and oxygen atoms in total. The monoisotopic (exact) mass is 390 g/mol. The van der Waals surface area contributed by atoms with Crippen molar-refractivity contribution in [2.75, 3.05) is 20.1 Å². The molecule has 1 amide bonds. The molecule has 1 saturated heterocycles. The predicted molar refractivity (Wildman–Crippen MR) is 111 cm³/mol. The highest BCUT2D eigenvalue weighted by molar-refractivity contribution is 5.99. The number of hydrogen-bond donors (Lipinski definition) is 0. The Morgan fingerprint density at radius 2 is 2.10 bits per heavy atom. The number of fused-ring (bicyclic) bond motifs is 2. The first-order chi connectivity index (χ1) is 14.0. The number of para-hydroxylation sites is 1. The van der Waals surface area contributed by atoms with Gasteiger partial charge in [0.05, 0.1) is 6.04 Å². The second-order valence-electron chi connectivity index (χ2n) is 8.35. The lowest BCUT2D eigenvalue weighted by Crippen LogP contribution is -2.33. The van der Waals surface area contributed by atoms with Crippen LogP contribution in [0.25, 0.3) is 11.0 Å². The summed E-state index contributed by atoms with van der Waals surface area (Å²) in [6.07, 6.45) is 4.73. The molecule has 29 heavy (non-hydrogen) atoms. The molecule has 1 aromatic carbocycles. The summed E-state index contributed by atoms with van der Waals surface area (Å²) in [5, 5.41) is 1.01. The van der Waals surface area contributed by atoms with Crippen molar-refractivity contribution in [3.8, 4) is 0 Å². The normalized spacial score (nSPS) is 19.7. The van der Waals surface area contributed by atoms with Gasteiger partial charge in [-0.05, 0) is 39.3 Å². The fourth-order valence-electron chi connectivity index (χ4n) is 4.63. The minimum atomic E-state index is -0.0823. The number of furan rings is 1. The first-order valence-electron chi connectivity index (χ1n) is 10.4. The number of rotatable bonds is 2. The number of hydrogen-bond acceptors (Lipinski definition) is 5. The third-order valence-corrected chi connectivity index (χ3v) is 6.31. The highest BCUT2D eigenvalue weighted by Crippen LogP contribution is 2.35. The zero-order valence-corrected chi connectivity index (χ0v) is 17.2. The Hall–Kier alpha value is -2.73. The van der Waals surface area contributed by atoms with E-state index in [2.05, 4.69) is 16.9 Å². The number of benzene rings is 1. The smallest absolute Gasteiger partial charge is 0.290 e. The van der Waals surface area contributed by atoms with Crippen LogP contribution in [-0.4, -0.2) is 45.8 Å². The van der Waals surface area contributed by atoms with Crippen LogP contribution in [0.2, 0.25) is 0 Å². The van der Waals surface area contributed by atoms with Gasteiger partial charge in [0.2, 0.25) is 0 Å². The summed E-state index contributed by atoms with van der Waals surface area (Å²) in [6.45, 7) is 6.59. The second kappa shape index (κ2) is 6.95. The van der Waals surface area contributed by atoms with E-state index in [1.54, 1.807) is 0 Å². The first kappa shape index (κ1) is 18.3. The molecule has 2 aliphatic rings. The number of nitrogens with zero attached hydrogens (tertiary/aromatic N) is 4. The lowest BCUT2D eigenvalue weighted by Gasteiger charge is -2.26. The van der Waals surface area contributed by atoms with Crippen LogP contribution in [0.4, 0.5) is 0 Å². The van der Waals surface area contributed by atoms with E-state index >= 15 is 0 Å². The highest BCUT2D eigenvalue weighted by Gasteiger charge is 2.35. The molecular weight excluding hydrogens is 364 g/mol. The Bertz CT molecular complexity index is 1100. The SMILES string of the molecule is Cc1c(C(=O)N2CCC[C@@H]2c2ncc3c(n2)CCN(C)C3)oc2c(C)cccc12. The zero-order valence-electron chi connectivity index (χ0n) is 17.2. The second-order valence-corrected chi connectivity index (χ2v) is 8.35. The van der Waals surface area contributed by atoms with Gasteiger partial charge in [-0.3, -0.25) is 4.79 Å². The van der Waals surface area contributed by atoms with Gasteiger partial charge in [0, 0.05) is 54.5 Å². The van der Waals surface area contributed by atoms with Crippen LogP contribution >= 0.6 is 0 Å². The Kier molecular flexibility index (Phi) is 4.39. The Balaban J connectivity index is 1.48. The number of aromatic nitrogens is 2. The van der Waals surface area contributed by atoms with E-state index in [0.29, 0.717) is 12.3 Å². The van der Waals surface area contributed by atoms with Crippen LogP contribution in [-0.2, 0) is 13.0 Å². The van der Waals surface area contributed by atoms with E-state index in [4.69, 9.17) is 9.40 Å². The van der Waals surface area contributed by atoms with Crippen molar-refractivity contribution in [2.45, 2.75) is 45.7 Å². The summed E-state index contributed by atoms with van der Waals surface area (Å²) in [5.74, 6) is 1.16. The van der Waals surface area contributed by atoms with E-state index in [1.165, 1.54) is 5.56 Å². The van der Waals surface area contributed by atoms with Crippen LogP contribution in [0, 0.1) is 13.8 Å². The molecule has 3 aromatic rings. The summed E-state index contributed by atoms with van der Waals surface area (Å²) in [7, 11) is 2.12. The highest BCUT2D eigenvalue weighted by atomic mass is 16.3. The van der Waals surface area contributed by atoms with E-state index in [1.807, 2.05) is 43.1 Å². The first-order valence-corrected chi connectivity index (χ1v) is 10.4. The van der Waals surface area contributed by atoms with Gasteiger partial charge in [0.25, 0.3) is 5.91 Å². The molecule has 4 heterocycles. The summed E-state index contributed by atoms with van der Waals surface area (Å²) < 4.78 is 6.05. The third-order valence-electron chi connectivity index (χ3n) is 6.31. The van der Waals surface area contributed by atoms with Crippen molar-refractivity contribution < 1.29 is 9.21 Å². The quantitative estimate of drug-likeness (QED) is 0.666. The summed E-state index contributed by atoms with van der Waals surface area (Å²) in [4.78, 5) is 27.1. The number of likely N-dealkylation sites (N-methyl/N-ethyl adjacent to an activating group) is 1. The van der Waals surface area contributed by atoms with Crippen molar-refractivity contribution in [3.05, 3.63) is 58.4 Å². The van der Waals surface area contributed by atoms with Crippen LogP contribution in [0.3, 0.4) is 0 Å². The summed E-state index contributed by atoms with van der Waals surface area (Å²) >= 11 is 0. The molecule has 5 rings (SSSR count). The van der Waals surface area contributed by atoms with Gasteiger partial charge < -0.3 is 14.2 Å². The van der Waals surface area contributed by atoms with Gasteiger partial charge in [-0.15, -0.1) is 0 Å². The molecule has 0 unspecified atom stereocenters. The van der Waals surface area contributed by atoms with Crippen molar-refractivity contribution in [2.24, 2.45) is 0 Å². The Morgan fingerprint density at radius 1 is 1.24 bits per heavy atom. The lowest BCUT2D eigenvalue weighted by molar-refractivity contribution is 0.0698. The van der Waals surface area contributed by atoms with E-state index < -0.39 is 0 Å². The molecule has 0 radical (unpaired) electrons. The molecule has 1 atom stereocenters. The maximum absolute atomic E-state index is 13.4. The molecule has 1 fully saturated rings. The minimum Gasteiger partial charge on any atom is -0.450 e. The fourth-order valence-corrected chi connectivity index (χ4v) is 4.63. The van der Waals surface area contributed by atoms with Crippen LogP contribution in [0.5, 0.6) is 0 Å². The molecule has 150 valence electrons. The van der Waals surface area contributed by atoms with Crippen molar-refractivity contribution in [3.63, 3.8) is 0 Å². The Labute approximate surface area is 170 Å². The topological polar surface area (TPSA) is 62.5 Å². The maximum atomic E-state index is 13.4. The Morgan fingerprint density at radius 3 is 2.93 bits per heavy atom. The van der Waals surface area contributed by atoms with Crippen molar-refractivity contribution >= 4 is 16.9 Å². The number of carbonyl (C=O) groups excluding carboxylic acids is 1. The molecule has 2 aromatic heterocycles. The van der Waals surface area contributed by atoms with Crippen LogP contribution < -0.4 is 0 Å². The number of aryl methyl sites for hydroxylation is 2. The van der Waals surface area contributed by atoms with Gasteiger partial charge >= 0.3 is 0 Å². The van der Waals surface area contributed by atoms with Crippen LogP contribution in [0.1, 0.15) is 57.6 Å². The van der Waals surface area contributed by atoms with Crippen LogP contribution in [0.15, 0.2) is 28.8 Å². The molecule has 0 bridgehead atoms. The standard InChI is InChI=1S/C23H26N4O2/c1-14-6-4-7-17-15(2)21(29-20(14)17)23(28)27-10-5-8-19(27)22-24-12-16-13-26(3)11-9-18(16)25-22/h4,6-7,12,19H,5,8-11,13H2,1-3H3/t19-/m1/s1. The van der Waals surface area contributed by atoms with Crippen molar-refractivity contribution in [1.82, 2.24) is 19.8 Å².